The Labute approximate surface area is 87.6 Å². The molecule has 0 aliphatic rings. The lowest BCUT2D eigenvalue weighted by atomic mass is 10.2. The van der Waals surface area contributed by atoms with Crippen molar-refractivity contribution in [2.75, 3.05) is 0 Å². The molecule has 13 heavy (non-hydrogen) atoms. The molecule has 5 heteroatoms. The Morgan fingerprint density at radius 2 is 2.38 bits per heavy atom. The van der Waals surface area contributed by atoms with Crippen LogP contribution in [0.2, 0.25) is 0 Å². The topological polar surface area (TPSA) is 74.2 Å². The van der Waals surface area contributed by atoms with E-state index in [2.05, 4.69) is 0 Å². The Bertz CT molecular complexity index is 400. The van der Waals surface area contributed by atoms with Crippen LogP contribution in [0.1, 0.15) is 5.76 Å². The molecule has 0 fully saturated rings. The van der Waals surface area contributed by atoms with Gasteiger partial charge in [-0.2, -0.15) is 5.26 Å². The molecule has 0 saturated carbocycles. The average molecular weight is 289 g/mol. The standard InChI is InChI=1S/C8H4INO3/c9-7-2-1-6(13-7)3-5(4-10)8(11)12/h1-3H,(H,11,12)/b5-3+. The van der Waals surface area contributed by atoms with Gasteiger partial charge in [0, 0.05) is 6.08 Å². The molecule has 0 aliphatic heterocycles. The Kier molecular flexibility index (Phi) is 3.08. The Balaban J connectivity index is 3.00. The summed E-state index contributed by atoms with van der Waals surface area (Å²) in [7, 11) is 0. The highest BCUT2D eigenvalue weighted by Crippen LogP contribution is 2.13. The van der Waals surface area contributed by atoms with Crippen molar-refractivity contribution in [3.05, 3.63) is 27.2 Å². The number of nitriles is 1. The van der Waals surface area contributed by atoms with Crippen LogP contribution in [0, 0.1) is 15.1 Å². The molecule has 66 valence electrons. The van der Waals surface area contributed by atoms with Crippen molar-refractivity contribution in [2.24, 2.45) is 0 Å². The van der Waals surface area contributed by atoms with Crippen LogP contribution in [-0.2, 0) is 4.79 Å². The van der Waals surface area contributed by atoms with Crippen molar-refractivity contribution in [3.63, 3.8) is 0 Å². The quantitative estimate of drug-likeness (QED) is 0.512. The summed E-state index contributed by atoms with van der Waals surface area (Å²) in [6, 6.07) is 4.84. The molecule has 0 bridgehead atoms. The summed E-state index contributed by atoms with van der Waals surface area (Å²) in [5.74, 6) is -0.891. The zero-order valence-electron chi connectivity index (χ0n) is 6.32. The largest absolute Gasteiger partial charge is 0.477 e. The molecule has 1 rings (SSSR count). The van der Waals surface area contributed by atoms with Gasteiger partial charge in [0.2, 0.25) is 0 Å². The highest BCUT2D eigenvalue weighted by Gasteiger charge is 2.06. The van der Waals surface area contributed by atoms with Gasteiger partial charge in [0.05, 0.1) is 0 Å². The smallest absolute Gasteiger partial charge is 0.346 e. The number of carboxylic acid groups (broad SMARTS) is 1. The molecular formula is C8H4INO3. The van der Waals surface area contributed by atoms with Gasteiger partial charge in [-0.3, -0.25) is 0 Å². The zero-order valence-corrected chi connectivity index (χ0v) is 8.48. The highest BCUT2D eigenvalue weighted by atomic mass is 127. The van der Waals surface area contributed by atoms with Crippen molar-refractivity contribution in [3.8, 4) is 6.07 Å². The third kappa shape index (κ3) is 2.59. The second kappa shape index (κ2) is 4.09. The lowest BCUT2D eigenvalue weighted by molar-refractivity contribution is -0.132. The molecule has 1 N–H and O–H groups in total. The number of halogens is 1. The van der Waals surface area contributed by atoms with E-state index in [0.717, 1.165) is 0 Å². The number of nitrogens with zero attached hydrogens (tertiary/aromatic N) is 1. The number of aliphatic carboxylic acids is 1. The lowest BCUT2D eigenvalue weighted by Crippen LogP contribution is -1.96. The van der Waals surface area contributed by atoms with Crippen LogP contribution >= 0.6 is 22.6 Å². The molecule has 0 spiro atoms. The number of carbonyl (C=O) groups is 1. The lowest BCUT2D eigenvalue weighted by Gasteiger charge is -1.87. The molecule has 1 aromatic heterocycles. The van der Waals surface area contributed by atoms with Gasteiger partial charge >= 0.3 is 5.97 Å². The zero-order chi connectivity index (χ0) is 9.84. The Morgan fingerprint density at radius 3 is 2.77 bits per heavy atom. The van der Waals surface area contributed by atoms with Gasteiger partial charge < -0.3 is 9.52 Å². The fourth-order valence-corrected chi connectivity index (χ4v) is 1.12. The summed E-state index contributed by atoms with van der Waals surface area (Å²) in [5.41, 5.74) is -0.342. The summed E-state index contributed by atoms with van der Waals surface area (Å²) in [6.45, 7) is 0. The van der Waals surface area contributed by atoms with Gasteiger partial charge in [0.15, 0.2) is 3.77 Å². The number of hydrogen-bond donors (Lipinski definition) is 1. The fraction of sp³-hybridized carbons (Fsp3) is 0. The van der Waals surface area contributed by atoms with E-state index in [4.69, 9.17) is 14.8 Å². The molecule has 0 radical (unpaired) electrons. The summed E-state index contributed by atoms with van der Waals surface area (Å²) in [5, 5.41) is 16.9. The van der Waals surface area contributed by atoms with Crippen molar-refractivity contribution in [1.82, 2.24) is 0 Å². The number of carboxylic acids is 1. The molecule has 1 aromatic rings. The Morgan fingerprint density at radius 1 is 1.69 bits per heavy atom. The van der Waals surface area contributed by atoms with E-state index >= 15 is 0 Å². The summed E-state index contributed by atoms with van der Waals surface area (Å²) >= 11 is 1.95. The van der Waals surface area contributed by atoms with Crippen LogP contribution in [0.15, 0.2) is 22.1 Å². The minimum Gasteiger partial charge on any atom is -0.477 e. The van der Waals surface area contributed by atoms with E-state index in [-0.39, 0.29) is 5.57 Å². The number of furan rings is 1. The first-order chi connectivity index (χ1) is 6.13. The van der Waals surface area contributed by atoms with E-state index in [1.807, 2.05) is 22.6 Å². The summed E-state index contributed by atoms with van der Waals surface area (Å²) in [4.78, 5) is 10.4. The molecule has 0 aromatic carbocycles. The SMILES string of the molecule is N#C/C(=C\c1ccc(I)o1)C(=O)O. The second-order valence-corrected chi connectivity index (χ2v) is 3.18. The van der Waals surface area contributed by atoms with Crippen molar-refractivity contribution in [2.45, 2.75) is 0 Å². The molecule has 0 amide bonds. The second-order valence-electron chi connectivity index (χ2n) is 2.12. The number of rotatable bonds is 2. The third-order valence-electron chi connectivity index (χ3n) is 1.23. The molecule has 0 aliphatic carbocycles. The van der Waals surface area contributed by atoms with E-state index in [9.17, 15) is 4.79 Å². The van der Waals surface area contributed by atoms with Crippen LogP contribution in [0.5, 0.6) is 0 Å². The average Bonchev–Trinajstić information content (AvgIpc) is 2.46. The summed E-state index contributed by atoms with van der Waals surface area (Å²) in [6.07, 6.45) is 1.19. The van der Waals surface area contributed by atoms with E-state index in [1.165, 1.54) is 6.08 Å². The molecular weight excluding hydrogens is 285 g/mol. The molecule has 0 unspecified atom stereocenters. The fourth-order valence-electron chi connectivity index (χ4n) is 0.690. The van der Waals surface area contributed by atoms with Gasteiger partial charge in [-0.25, -0.2) is 4.79 Å². The van der Waals surface area contributed by atoms with Crippen molar-refractivity contribution in [1.29, 1.82) is 5.26 Å². The summed E-state index contributed by atoms with van der Waals surface area (Å²) < 4.78 is 5.71. The molecule has 4 nitrogen and oxygen atoms in total. The van der Waals surface area contributed by atoms with Gasteiger partial charge in [0.1, 0.15) is 17.4 Å². The van der Waals surface area contributed by atoms with E-state index in [0.29, 0.717) is 9.53 Å². The van der Waals surface area contributed by atoms with Gasteiger partial charge in [-0.15, -0.1) is 0 Å². The maximum absolute atomic E-state index is 10.4. The minimum atomic E-state index is -1.26. The predicted molar refractivity (Wildman–Crippen MR) is 52.7 cm³/mol. The highest BCUT2D eigenvalue weighted by molar-refractivity contribution is 14.1. The van der Waals surface area contributed by atoms with Crippen molar-refractivity contribution < 1.29 is 14.3 Å². The van der Waals surface area contributed by atoms with Gasteiger partial charge in [0.25, 0.3) is 0 Å². The maximum Gasteiger partial charge on any atom is 0.346 e. The van der Waals surface area contributed by atoms with Crippen LogP contribution < -0.4 is 0 Å². The first kappa shape index (κ1) is 9.80. The Hall–Kier alpha value is -1.29. The normalized spacial score (nSPS) is 10.9. The van der Waals surface area contributed by atoms with Gasteiger partial charge in [-0.1, -0.05) is 0 Å². The van der Waals surface area contributed by atoms with Crippen molar-refractivity contribution >= 4 is 34.6 Å². The minimum absolute atomic E-state index is 0.342. The molecule has 0 atom stereocenters. The van der Waals surface area contributed by atoms with Crippen LogP contribution in [0.25, 0.3) is 6.08 Å². The van der Waals surface area contributed by atoms with Crippen LogP contribution in [0.4, 0.5) is 0 Å². The first-order valence-corrected chi connectivity index (χ1v) is 4.32. The molecule has 1 heterocycles. The van der Waals surface area contributed by atoms with Crippen LogP contribution in [0.3, 0.4) is 0 Å². The van der Waals surface area contributed by atoms with Crippen LogP contribution in [-0.4, -0.2) is 11.1 Å². The van der Waals surface area contributed by atoms with E-state index in [1.54, 1.807) is 18.2 Å². The maximum atomic E-state index is 10.4. The molecule has 0 saturated heterocycles. The van der Waals surface area contributed by atoms with E-state index < -0.39 is 5.97 Å². The monoisotopic (exact) mass is 289 g/mol. The first-order valence-electron chi connectivity index (χ1n) is 3.24. The number of hydrogen-bond acceptors (Lipinski definition) is 3. The third-order valence-corrected chi connectivity index (χ3v) is 1.81. The predicted octanol–water partition coefficient (Wildman–Crippen LogP) is 1.88. The van der Waals surface area contributed by atoms with Gasteiger partial charge in [-0.05, 0) is 34.7 Å².